The van der Waals surface area contributed by atoms with Gasteiger partial charge in [0, 0.05) is 18.4 Å². The fraction of sp³-hybridized carbons (Fsp3) is 0.353. The molecule has 1 aromatic heterocycles. The maximum absolute atomic E-state index is 12.4. The number of para-hydroxylation sites is 1. The van der Waals surface area contributed by atoms with Crippen molar-refractivity contribution in [2.75, 3.05) is 5.32 Å². The Balaban J connectivity index is 2.14. The monoisotopic (exact) mass is 314 g/mol. The molecule has 0 unspecified atom stereocenters. The average molecular weight is 314 g/mol. The quantitative estimate of drug-likeness (QED) is 0.860. The molecule has 0 saturated carbocycles. The highest BCUT2D eigenvalue weighted by Crippen LogP contribution is 2.17. The molecule has 0 aliphatic carbocycles. The number of nitrogens with zero attached hydrogens (tertiary/aromatic N) is 2. The van der Waals surface area contributed by atoms with Crippen LogP contribution in [-0.4, -0.2) is 27.4 Å². The minimum Gasteiger partial charge on any atom is -0.350 e. The smallest absolute Gasteiger partial charge is 0.253 e. The molecular weight excluding hydrogens is 292 g/mol. The van der Waals surface area contributed by atoms with Crippen LogP contribution in [0.1, 0.15) is 43.6 Å². The first-order valence-corrected chi connectivity index (χ1v) is 7.71. The van der Waals surface area contributed by atoms with Crippen molar-refractivity contribution in [1.29, 1.82) is 0 Å². The Bertz CT molecular complexity index is 667. The van der Waals surface area contributed by atoms with E-state index in [4.69, 9.17) is 0 Å². The second-order valence-corrected chi connectivity index (χ2v) is 5.50. The first-order chi connectivity index (χ1) is 11.0. The molecule has 2 atom stereocenters. The number of amides is 2. The number of anilines is 1. The number of carbonyl (C=O) groups excluding carboxylic acids is 2. The molecule has 2 amide bonds. The Morgan fingerprint density at radius 1 is 1.26 bits per heavy atom. The number of hydrogen-bond acceptors (Lipinski definition) is 3. The number of hydrogen-bond donors (Lipinski definition) is 2. The maximum Gasteiger partial charge on any atom is 0.253 e. The lowest BCUT2D eigenvalue weighted by Gasteiger charge is -2.17. The van der Waals surface area contributed by atoms with Crippen molar-refractivity contribution in [2.45, 2.75) is 39.3 Å². The maximum atomic E-state index is 12.4. The molecule has 2 rings (SSSR count). The molecular formula is C17H22N4O2. The Labute approximate surface area is 135 Å². The zero-order valence-electron chi connectivity index (χ0n) is 13.6. The Morgan fingerprint density at radius 2 is 2.00 bits per heavy atom. The topological polar surface area (TPSA) is 76.0 Å². The summed E-state index contributed by atoms with van der Waals surface area (Å²) < 4.78 is 1.71. The Morgan fingerprint density at radius 3 is 2.65 bits per heavy atom. The normalized spacial score (nSPS) is 13.2. The van der Waals surface area contributed by atoms with Crippen LogP contribution in [0.5, 0.6) is 0 Å². The van der Waals surface area contributed by atoms with Gasteiger partial charge in [0.25, 0.3) is 5.91 Å². The van der Waals surface area contributed by atoms with Crippen molar-refractivity contribution >= 4 is 17.5 Å². The number of rotatable bonds is 6. The summed E-state index contributed by atoms with van der Waals surface area (Å²) in [5.41, 5.74) is 0.962. The summed E-state index contributed by atoms with van der Waals surface area (Å²) in [4.78, 5) is 28.6. The molecule has 122 valence electrons. The number of aromatic nitrogens is 2. The van der Waals surface area contributed by atoms with Gasteiger partial charge in [0.05, 0.1) is 17.6 Å². The molecule has 2 N–H and O–H groups in total. The summed E-state index contributed by atoms with van der Waals surface area (Å²) in [6, 6.07) is 6.66. The van der Waals surface area contributed by atoms with E-state index in [-0.39, 0.29) is 17.9 Å². The predicted molar refractivity (Wildman–Crippen MR) is 89.2 cm³/mol. The summed E-state index contributed by atoms with van der Waals surface area (Å²) in [5, 5.41) is 5.73. The van der Waals surface area contributed by atoms with Crippen LogP contribution in [0, 0.1) is 0 Å². The molecule has 0 aliphatic rings. The highest BCUT2D eigenvalue weighted by molar-refractivity contribution is 6.04. The van der Waals surface area contributed by atoms with E-state index < -0.39 is 6.04 Å². The molecule has 0 fully saturated rings. The van der Waals surface area contributed by atoms with Crippen LogP contribution in [-0.2, 0) is 4.79 Å². The highest BCUT2D eigenvalue weighted by atomic mass is 16.2. The van der Waals surface area contributed by atoms with Crippen LogP contribution in [0.15, 0.2) is 43.0 Å². The molecule has 6 nitrogen and oxygen atoms in total. The van der Waals surface area contributed by atoms with E-state index in [2.05, 4.69) is 15.6 Å². The standard InChI is InChI=1S/C17H22N4O2/c1-4-12(2)19-17(23)14-7-5-6-8-15(14)20-16(22)13(3)21-10-9-18-11-21/h5-13H,4H2,1-3H3,(H,19,23)(H,20,22)/t12-,13-/m1/s1. The van der Waals surface area contributed by atoms with Gasteiger partial charge in [-0.1, -0.05) is 19.1 Å². The van der Waals surface area contributed by atoms with Gasteiger partial charge in [-0.2, -0.15) is 0 Å². The lowest BCUT2D eigenvalue weighted by molar-refractivity contribution is -0.118. The van der Waals surface area contributed by atoms with E-state index in [1.54, 1.807) is 54.5 Å². The average Bonchev–Trinajstić information content (AvgIpc) is 3.08. The van der Waals surface area contributed by atoms with Crippen molar-refractivity contribution in [3.05, 3.63) is 48.5 Å². The van der Waals surface area contributed by atoms with Crippen LogP contribution < -0.4 is 10.6 Å². The van der Waals surface area contributed by atoms with Crippen molar-refractivity contribution in [1.82, 2.24) is 14.9 Å². The van der Waals surface area contributed by atoms with E-state index >= 15 is 0 Å². The van der Waals surface area contributed by atoms with E-state index in [1.165, 1.54) is 0 Å². The summed E-state index contributed by atoms with van der Waals surface area (Å²) >= 11 is 0. The van der Waals surface area contributed by atoms with Gasteiger partial charge in [0.1, 0.15) is 6.04 Å². The zero-order chi connectivity index (χ0) is 16.8. The van der Waals surface area contributed by atoms with Crippen molar-refractivity contribution < 1.29 is 9.59 Å². The van der Waals surface area contributed by atoms with Gasteiger partial charge in [-0.3, -0.25) is 9.59 Å². The van der Waals surface area contributed by atoms with Crippen LogP contribution in [0.25, 0.3) is 0 Å². The predicted octanol–water partition coefficient (Wildman–Crippen LogP) is 2.61. The third-order valence-electron chi connectivity index (χ3n) is 3.77. The number of imidazole rings is 1. The lowest BCUT2D eigenvalue weighted by Crippen LogP contribution is -2.33. The molecule has 1 heterocycles. The Kier molecular flexibility index (Phi) is 5.51. The van der Waals surface area contributed by atoms with Gasteiger partial charge in [-0.25, -0.2) is 4.98 Å². The van der Waals surface area contributed by atoms with Gasteiger partial charge < -0.3 is 15.2 Å². The van der Waals surface area contributed by atoms with Crippen LogP contribution in [0.2, 0.25) is 0 Å². The molecule has 0 bridgehead atoms. The number of benzene rings is 1. The van der Waals surface area contributed by atoms with E-state index in [0.29, 0.717) is 11.3 Å². The SMILES string of the molecule is CC[C@@H](C)NC(=O)c1ccccc1NC(=O)[C@@H](C)n1ccnc1. The largest absolute Gasteiger partial charge is 0.350 e. The van der Waals surface area contributed by atoms with Gasteiger partial charge in [0.15, 0.2) is 0 Å². The Hall–Kier alpha value is -2.63. The molecule has 23 heavy (non-hydrogen) atoms. The second kappa shape index (κ2) is 7.58. The fourth-order valence-corrected chi connectivity index (χ4v) is 2.06. The third-order valence-corrected chi connectivity index (χ3v) is 3.77. The van der Waals surface area contributed by atoms with Crippen LogP contribution in [0.4, 0.5) is 5.69 Å². The van der Waals surface area contributed by atoms with Crippen molar-refractivity contribution in [3.8, 4) is 0 Å². The van der Waals surface area contributed by atoms with Gasteiger partial charge in [0.2, 0.25) is 5.91 Å². The van der Waals surface area contributed by atoms with Gasteiger partial charge in [-0.05, 0) is 32.4 Å². The zero-order valence-corrected chi connectivity index (χ0v) is 13.6. The van der Waals surface area contributed by atoms with Crippen molar-refractivity contribution in [3.63, 3.8) is 0 Å². The van der Waals surface area contributed by atoms with Crippen molar-refractivity contribution in [2.24, 2.45) is 0 Å². The van der Waals surface area contributed by atoms with Crippen LogP contribution >= 0.6 is 0 Å². The third kappa shape index (κ3) is 4.18. The summed E-state index contributed by atoms with van der Waals surface area (Å²) in [6.45, 7) is 5.73. The van der Waals surface area contributed by atoms with E-state index in [0.717, 1.165) is 6.42 Å². The first-order valence-electron chi connectivity index (χ1n) is 7.71. The number of carbonyl (C=O) groups is 2. The lowest BCUT2D eigenvalue weighted by atomic mass is 10.1. The number of nitrogens with one attached hydrogen (secondary N) is 2. The molecule has 6 heteroatoms. The summed E-state index contributed by atoms with van der Waals surface area (Å²) in [5.74, 6) is -0.391. The molecule has 1 aromatic carbocycles. The molecule has 2 aromatic rings. The highest BCUT2D eigenvalue weighted by Gasteiger charge is 2.18. The van der Waals surface area contributed by atoms with Gasteiger partial charge in [-0.15, -0.1) is 0 Å². The van der Waals surface area contributed by atoms with Crippen LogP contribution in [0.3, 0.4) is 0 Å². The van der Waals surface area contributed by atoms with Gasteiger partial charge >= 0.3 is 0 Å². The minimum absolute atomic E-state index is 0.0797. The first kappa shape index (κ1) is 16.7. The minimum atomic E-state index is -0.414. The molecule has 0 radical (unpaired) electrons. The fourth-order valence-electron chi connectivity index (χ4n) is 2.06. The van der Waals surface area contributed by atoms with E-state index in [9.17, 15) is 9.59 Å². The summed E-state index contributed by atoms with van der Waals surface area (Å²) in [6.07, 6.45) is 5.78. The molecule has 0 saturated heterocycles. The molecule has 0 spiro atoms. The second-order valence-electron chi connectivity index (χ2n) is 5.50. The van der Waals surface area contributed by atoms with E-state index in [1.807, 2.05) is 13.8 Å². The molecule has 0 aliphatic heterocycles. The summed E-state index contributed by atoms with van der Waals surface area (Å²) in [7, 11) is 0.